The highest BCUT2D eigenvalue weighted by atomic mass is 16.5. The van der Waals surface area contributed by atoms with Crippen molar-refractivity contribution in [1.29, 1.82) is 0 Å². The van der Waals surface area contributed by atoms with Crippen LogP contribution in [0.5, 0.6) is 5.75 Å². The Balaban J connectivity index is 2.42. The van der Waals surface area contributed by atoms with Crippen LogP contribution in [0, 0.1) is 25.7 Å². The molecule has 0 saturated carbocycles. The number of rotatable bonds is 2. The molecule has 3 rings (SSSR count). The second-order valence-electron chi connectivity index (χ2n) is 5.66. The van der Waals surface area contributed by atoms with Crippen LogP contribution in [0.1, 0.15) is 24.1 Å². The van der Waals surface area contributed by atoms with Crippen LogP contribution in [0.4, 0.5) is 5.82 Å². The molecule has 122 valence electrons. The van der Waals surface area contributed by atoms with Gasteiger partial charge in [-0.1, -0.05) is 23.2 Å². The van der Waals surface area contributed by atoms with E-state index in [1.54, 1.807) is 19.1 Å². The molecule has 1 aromatic carbocycles. The Bertz CT molecular complexity index is 947. The van der Waals surface area contributed by atoms with Gasteiger partial charge in [0.05, 0.1) is 11.3 Å². The number of phenols is 1. The van der Waals surface area contributed by atoms with Crippen molar-refractivity contribution in [1.82, 2.24) is 9.72 Å². The van der Waals surface area contributed by atoms with Gasteiger partial charge in [0.15, 0.2) is 0 Å². The lowest BCUT2D eigenvalue weighted by molar-refractivity contribution is 0.393. The molecule has 3 N–H and O–H groups in total. The smallest absolute Gasteiger partial charge is 0.141 e. The highest BCUT2D eigenvalue weighted by molar-refractivity contribution is 5.95. The SMILES string of the molecule is CC#Cc1c(-c2ccc(O)cc2)c(-c2c(C)noc2C)c(N)n1C. The van der Waals surface area contributed by atoms with Gasteiger partial charge < -0.3 is 19.9 Å². The summed E-state index contributed by atoms with van der Waals surface area (Å²) < 4.78 is 7.21. The van der Waals surface area contributed by atoms with E-state index in [0.29, 0.717) is 11.6 Å². The average Bonchev–Trinajstić information content (AvgIpc) is 3.00. The number of nitrogen functional groups attached to an aromatic ring is 1. The average molecular weight is 321 g/mol. The molecule has 0 aliphatic rings. The summed E-state index contributed by atoms with van der Waals surface area (Å²) in [4.78, 5) is 0. The van der Waals surface area contributed by atoms with Gasteiger partial charge in [-0.25, -0.2) is 0 Å². The highest BCUT2D eigenvalue weighted by Crippen LogP contribution is 2.43. The summed E-state index contributed by atoms with van der Waals surface area (Å²) in [7, 11) is 1.89. The zero-order chi connectivity index (χ0) is 17.4. The van der Waals surface area contributed by atoms with E-state index < -0.39 is 0 Å². The van der Waals surface area contributed by atoms with Crippen molar-refractivity contribution in [3.63, 3.8) is 0 Å². The molecule has 0 aliphatic carbocycles. The highest BCUT2D eigenvalue weighted by Gasteiger charge is 2.25. The first-order valence-electron chi connectivity index (χ1n) is 7.59. The Kier molecular flexibility index (Phi) is 3.82. The summed E-state index contributed by atoms with van der Waals surface area (Å²) >= 11 is 0. The summed E-state index contributed by atoms with van der Waals surface area (Å²) in [5.74, 6) is 7.61. The molecule has 2 aromatic heterocycles. The molecule has 0 amide bonds. The fourth-order valence-corrected chi connectivity index (χ4v) is 2.97. The van der Waals surface area contributed by atoms with Crippen LogP contribution >= 0.6 is 0 Å². The molecule has 5 heteroatoms. The van der Waals surface area contributed by atoms with E-state index in [-0.39, 0.29) is 5.75 Å². The van der Waals surface area contributed by atoms with Crippen molar-refractivity contribution in [2.45, 2.75) is 20.8 Å². The van der Waals surface area contributed by atoms with E-state index in [1.807, 2.05) is 37.6 Å². The molecular weight excluding hydrogens is 302 g/mol. The van der Waals surface area contributed by atoms with Crippen LogP contribution in [-0.4, -0.2) is 14.8 Å². The van der Waals surface area contributed by atoms with Gasteiger partial charge in [0.1, 0.15) is 23.0 Å². The minimum absolute atomic E-state index is 0.213. The van der Waals surface area contributed by atoms with Crippen LogP contribution in [0.2, 0.25) is 0 Å². The monoisotopic (exact) mass is 321 g/mol. The molecule has 0 bridgehead atoms. The van der Waals surface area contributed by atoms with Gasteiger partial charge in [0.25, 0.3) is 0 Å². The Morgan fingerprint density at radius 2 is 1.79 bits per heavy atom. The molecule has 0 radical (unpaired) electrons. The molecule has 0 unspecified atom stereocenters. The maximum atomic E-state index is 9.59. The molecule has 3 aromatic rings. The van der Waals surface area contributed by atoms with Crippen molar-refractivity contribution in [2.75, 3.05) is 5.73 Å². The minimum atomic E-state index is 0.213. The van der Waals surface area contributed by atoms with Gasteiger partial charge in [-0.05, 0) is 44.4 Å². The first-order chi connectivity index (χ1) is 11.5. The van der Waals surface area contributed by atoms with Crippen LogP contribution in [0.25, 0.3) is 22.3 Å². The molecule has 24 heavy (non-hydrogen) atoms. The number of nitrogens with two attached hydrogens (primary N) is 1. The third-order valence-electron chi connectivity index (χ3n) is 4.12. The minimum Gasteiger partial charge on any atom is -0.508 e. The zero-order valence-corrected chi connectivity index (χ0v) is 14.1. The van der Waals surface area contributed by atoms with Crippen molar-refractivity contribution >= 4 is 5.82 Å². The Hall–Kier alpha value is -3.13. The maximum Gasteiger partial charge on any atom is 0.141 e. The van der Waals surface area contributed by atoms with E-state index in [9.17, 15) is 5.11 Å². The lowest BCUT2D eigenvalue weighted by Crippen LogP contribution is -1.99. The topological polar surface area (TPSA) is 77.2 Å². The summed E-state index contributed by atoms with van der Waals surface area (Å²) in [6.07, 6.45) is 0. The molecule has 0 atom stereocenters. The van der Waals surface area contributed by atoms with E-state index >= 15 is 0 Å². The van der Waals surface area contributed by atoms with E-state index in [0.717, 1.165) is 33.6 Å². The van der Waals surface area contributed by atoms with E-state index in [4.69, 9.17) is 10.3 Å². The lowest BCUT2D eigenvalue weighted by Gasteiger charge is -2.06. The van der Waals surface area contributed by atoms with Crippen molar-refractivity contribution < 1.29 is 9.63 Å². The van der Waals surface area contributed by atoms with Gasteiger partial charge in [-0.15, -0.1) is 0 Å². The van der Waals surface area contributed by atoms with E-state index in [1.165, 1.54) is 0 Å². The number of anilines is 1. The Morgan fingerprint density at radius 1 is 1.12 bits per heavy atom. The Morgan fingerprint density at radius 3 is 2.33 bits per heavy atom. The third-order valence-corrected chi connectivity index (χ3v) is 4.12. The summed E-state index contributed by atoms with van der Waals surface area (Å²) in [5, 5.41) is 13.6. The first kappa shape index (κ1) is 15.8. The van der Waals surface area contributed by atoms with Gasteiger partial charge in [0, 0.05) is 18.2 Å². The largest absolute Gasteiger partial charge is 0.508 e. The predicted octanol–water partition coefficient (Wildman–Crippen LogP) is 3.62. The maximum absolute atomic E-state index is 9.59. The van der Waals surface area contributed by atoms with E-state index in [2.05, 4.69) is 17.0 Å². The molecule has 5 nitrogen and oxygen atoms in total. The number of aromatic hydroxyl groups is 1. The summed E-state index contributed by atoms with van der Waals surface area (Å²) in [6.45, 7) is 5.55. The van der Waals surface area contributed by atoms with Crippen LogP contribution < -0.4 is 5.73 Å². The number of benzene rings is 1. The summed E-state index contributed by atoms with van der Waals surface area (Å²) in [6, 6.07) is 7.01. The number of hydrogen-bond donors (Lipinski definition) is 2. The predicted molar refractivity (Wildman–Crippen MR) is 94.4 cm³/mol. The second kappa shape index (κ2) is 5.82. The van der Waals surface area contributed by atoms with Crippen LogP contribution in [-0.2, 0) is 7.05 Å². The fourth-order valence-electron chi connectivity index (χ4n) is 2.97. The first-order valence-corrected chi connectivity index (χ1v) is 7.59. The summed E-state index contributed by atoms with van der Waals surface area (Å²) in [5.41, 5.74) is 11.6. The fraction of sp³-hybridized carbons (Fsp3) is 0.211. The quantitative estimate of drug-likeness (QED) is 0.707. The van der Waals surface area contributed by atoms with Crippen LogP contribution in [0.3, 0.4) is 0 Å². The lowest BCUT2D eigenvalue weighted by atomic mass is 9.95. The van der Waals surface area contributed by atoms with Gasteiger partial charge in [-0.2, -0.15) is 0 Å². The number of aromatic nitrogens is 2. The number of aryl methyl sites for hydroxylation is 2. The standard InChI is InChI=1S/C19H19N3O2/c1-5-6-15-17(13-7-9-14(23)10-8-13)18(19(20)22(15)4)16-11(2)21-24-12(16)3/h7-10,23H,20H2,1-4H3. The molecule has 0 saturated heterocycles. The number of nitrogens with zero attached hydrogens (tertiary/aromatic N) is 2. The molecule has 0 fully saturated rings. The number of phenolic OH excluding ortho intramolecular Hbond substituents is 1. The Labute approximate surface area is 140 Å². The molecule has 0 aliphatic heterocycles. The molecule has 2 heterocycles. The van der Waals surface area contributed by atoms with Gasteiger partial charge >= 0.3 is 0 Å². The van der Waals surface area contributed by atoms with Gasteiger partial charge in [-0.3, -0.25) is 0 Å². The second-order valence-corrected chi connectivity index (χ2v) is 5.66. The zero-order valence-electron chi connectivity index (χ0n) is 14.1. The normalized spacial score (nSPS) is 10.5. The van der Waals surface area contributed by atoms with Crippen molar-refractivity contribution in [3.05, 3.63) is 41.4 Å². The van der Waals surface area contributed by atoms with Crippen molar-refractivity contribution in [3.8, 4) is 39.8 Å². The van der Waals surface area contributed by atoms with Crippen molar-refractivity contribution in [2.24, 2.45) is 7.05 Å². The third kappa shape index (κ3) is 2.33. The number of hydrogen-bond acceptors (Lipinski definition) is 4. The van der Waals surface area contributed by atoms with Gasteiger partial charge in [0.2, 0.25) is 0 Å². The molecular formula is C19H19N3O2. The molecule has 0 spiro atoms. The van der Waals surface area contributed by atoms with Crippen LogP contribution in [0.15, 0.2) is 28.8 Å².